The maximum Gasteiger partial charge on any atom is 0.303 e. The van der Waals surface area contributed by atoms with Crippen molar-refractivity contribution in [3.63, 3.8) is 0 Å². The first-order valence-electron chi connectivity index (χ1n) is 4.62. The number of nitrogens with one attached hydrogen (secondary N) is 1. The van der Waals surface area contributed by atoms with Gasteiger partial charge in [0.15, 0.2) is 11.5 Å². The first-order valence-corrected chi connectivity index (χ1v) is 4.62. The summed E-state index contributed by atoms with van der Waals surface area (Å²) in [5.41, 5.74) is 2.36. The molecule has 0 fully saturated rings. The SMILES string of the molecule is NNC(=O)c1cc(-c2cccc(O)c2O)no1. The van der Waals surface area contributed by atoms with Crippen molar-refractivity contribution in [2.45, 2.75) is 0 Å². The quantitative estimate of drug-likeness (QED) is 0.258. The molecular formula is C10H9N3O4. The van der Waals surface area contributed by atoms with E-state index in [0.717, 1.165) is 0 Å². The summed E-state index contributed by atoms with van der Waals surface area (Å²) in [7, 11) is 0. The Hall–Kier alpha value is -2.54. The molecule has 0 radical (unpaired) electrons. The molecule has 5 N–H and O–H groups in total. The van der Waals surface area contributed by atoms with Crippen LogP contribution in [0.25, 0.3) is 11.3 Å². The van der Waals surface area contributed by atoms with Crippen LogP contribution < -0.4 is 11.3 Å². The van der Waals surface area contributed by atoms with Gasteiger partial charge in [-0.3, -0.25) is 10.2 Å². The Bertz CT molecular complexity index is 564. The van der Waals surface area contributed by atoms with Gasteiger partial charge >= 0.3 is 5.91 Å². The van der Waals surface area contributed by atoms with Crippen molar-refractivity contribution in [1.82, 2.24) is 10.6 Å². The summed E-state index contributed by atoms with van der Waals surface area (Å²) in [5.74, 6) is 3.59. The highest BCUT2D eigenvalue weighted by Gasteiger charge is 2.16. The van der Waals surface area contributed by atoms with Gasteiger partial charge in [0.25, 0.3) is 0 Å². The summed E-state index contributed by atoms with van der Waals surface area (Å²) in [6.45, 7) is 0. The lowest BCUT2D eigenvalue weighted by atomic mass is 10.1. The molecule has 2 rings (SSSR count). The van der Waals surface area contributed by atoms with Gasteiger partial charge in [-0.05, 0) is 12.1 Å². The number of aromatic hydroxyl groups is 2. The molecule has 2 aromatic rings. The lowest BCUT2D eigenvalue weighted by Gasteiger charge is -2.01. The van der Waals surface area contributed by atoms with Crippen LogP contribution in [-0.4, -0.2) is 21.3 Å². The third-order valence-corrected chi connectivity index (χ3v) is 2.16. The summed E-state index contributed by atoms with van der Waals surface area (Å²) in [4.78, 5) is 11.1. The second-order valence-electron chi connectivity index (χ2n) is 3.22. The van der Waals surface area contributed by atoms with E-state index >= 15 is 0 Å². The van der Waals surface area contributed by atoms with Crippen molar-refractivity contribution in [3.05, 3.63) is 30.0 Å². The van der Waals surface area contributed by atoms with Crippen LogP contribution in [0.5, 0.6) is 11.5 Å². The molecule has 7 heteroatoms. The number of nitrogens with two attached hydrogens (primary N) is 1. The molecule has 0 atom stereocenters. The fourth-order valence-corrected chi connectivity index (χ4v) is 1.32. The van der Waals surface area contributed by atoms with Crippen molar-refractivity contribution in [1.29, 1.82) is 0 Å². The minimum absolute atomic E-state index is 0.0924. The fourth-order valence-electron chi connectivity index (χ4n) is 1.32. The Labute approximate surface area is 95.4 Å². The fraction of sp³-hybridized carbons (Fsp3) is 0. The number of hydrazine groups is 1. The average Bonchev–Trinajstić information content (AvgIpc) is 2.81. The highest BCUT2D eigenvalue weighted by atomic mass is 16.5. The summed E-state index contributed by atoms with van der Waals surface area (Å²) in [6.07, 6.45) is 0. The number of para-hydroxylation sites is 1. The van der Waals surface area contributed by atoms with Crippen LogP contribution in [0.4, 0.5) is 0 Å². The molecule has 17 heavy (non-hydrogen) atoms. The zero-order valence-electron chi connectivity index (χ0n) is 8.54. The van der Waals surface area contributed by atoms with Crippen LogP contribution >= 0.6 is 0 Å². The molecule has 0 saturated heterocycles. The number of nitrogens with zero attached hydrogens (tertiary/aromatic N) is 1. The molecule has 0 aliphatic rings. The molecule has 0 unspecified atom stereocenters. The molecule has 1 heterocycles. The lowest BCUT2D eigenvalue weighted by molar-refractivity contribution is 0.0917. The largest absolute Gasteiger partial charge is 0.504 e. The number of phenols is 2. The smallest absolute Gasteiger partial charge is 0.303 e. The van der Waals surface area contributed by atoms with Gasteiger partial charge in [-0.15, -0.1) is 0 Å². The van der Waals surface area contributed by atoms with E-state index in [9.17, 15) is 15.0 Å². The van der Waals surface area contributed by atoms with E-state index in [1.807, 2.05) is 5.43 Å². The number of hydrogen-bond acceptors (Lipinski definition) is 6. The van der Waals surface area contributed by atoms with Crippen LogP contribution in [0.1, 0.15) is 10.6 Å². The number of aromatic nitrogens is 1. The van der Waals surface area contributed by atoms with Gasteiger partial charge in [-0.2, -0.15) is 0 Å². The van der Waals surface area contributed by atoms with E-state index in [0.29, 0.717) is 0 Å². The monoisotopic (exact) mass is 235 g/mol. The van der Waals surface area contributed by atoms with Crippen molar-refractivity contribution in [3.8, 4) is 22.8 Å². The second-order valence-corrected chi connectivity index (χ2v) is 3.22. The summed E-state index contributed by atoms with van der Waals surface area (Å²) < 4.78 is 4.73. The van der Waals surface area contributed by atoms with E-state index in [2.05, 4.69) is 5.16 Å². The number of benzene rings is 1. The number of nitrogen functional groups attached to an aromatic ring is 1. The van der Waals surface area contributed by atoms with E-state index in [1.165, 1.54) is 24.3 Å². The van der Waals surface area contributed by atoms with Crippen molar-refractivity contribution in [2.24, 2.45) is 5.84 Å². The van der Waals surface area contributed by atoms with Gasteiger partial charge < -0.3 is 14.7 Å². The molecular weight excluding hydrogens is 226 g/mol. The molecule has 1 amide bonds. The Morgan fingerprint density at radius 2 is 2.18 bits per heavy atom. The summed E-state index contributed by atoms with van der Waals surface area (Å²) in [5, 5.41) is 22.5. The normalized spacial score (nSPS) is 10.2. The van der Waals surface area contributed by atoms with Crippen molar-refractivity contribution in [2.75, 3.05) is 0 Å². The topological polar surface area (TPSA) is 122 Å². The van der Waals surface area contributed by atoms with Gasteiger partial charge in [0, 0.05) is 11.6 Å². The number of carbonyl (C=O) groups is 1. The minimum Gasteiger partial charge on any atom is -0.504 e. The van der Waals surface area contributed by atoms with E-state index in [-0.39, 0.29) is 28.5 Å². The van der Waals surface area contributed by atoms with E-state index in [4.69, 9.17) is 10.4 Å². The van der Waals surface area contributed by atoms with Crippen LogP contribution in [0.2, 0.25) is 0 Å². The molecule has 0 saturated carbocycles. The summed E-state index contributed by atoms with van der Waals surface area (Å²) in [6, 6.07) is 5.68. The number of hydrogen-bond donors (Lipinski definition) is 4. The molecule has 88 valence electrons. The standard InChI is InChI=1S/C10H9N3O4/c11-12-10(16)8-4-6(13-17-8)5-2-1-3-7(14)9(5)15/h1-4,14-15H,11H2,(H,12,16). The zero-order chi connectivity index (χ0) is 12.4. The number of amides is 1. The molecule has 0 bridgehead atoms. The van der Waals surface area contributed by atoms with Crippen LogP contribution in [0.3, 0.4) is 0 Å². The third-order valence-electron chi connectivity index (χ3n) is 2.16. The molecule has 0 aliphatic carbocycles. The van der Waals surface area contributed by atoms with Crippen LogP contribution in [0.15, 0.2) is 28.8 Å². The summed E-state index contributed by atoms with van der Waals surface area (Å²) >= 11 is 0. The number of carbonyl (C=O) groups excluding carboxylic acids is 1. The average molecular weight is 235 g/mol. The van der Waals surface area contributed by atoms with E-state index < -0.39 is 5.91 Å². The Kier molecular flexibility index (Phi) is 2.67. The predicted octanol–water partition coefficient (Wildman–Crippen LogP) is 0.356. The Morgan fingerprint density at radius 3 is 2.88 bits per heavy atom. The van der Waals surface area contributed by atoms with E-state index in [1.54, 1.807) is 0 Å². The van der Waals surface area contributed by atoms with Gasteiger partial charge in [-0.1, -0.05) is 11.2 Å². The van der Waals surface area contributed by atoms with Gasteiger partial charge in [0.2, 0.25) is 5.76 Å². The number of rotatable bonds is 2. The molecule has 0 aliphatic heterocycles. The van der Waals surface area contributed by atoms with Gasteiger partial charge in [-0.25, -0.2) is 5.84 Å². The Balaban J connectivity index is 2.44. The van der Waals surface area contributed by atoms with Crippen molar-refractivity contribution < 1.29 is 19.5 Å². The van der Waals surface area contributed by atoms with Gasteiger partial charge in [0.1, 0.15) is 5.69 Å². The Morgan fingerprint density at radius 1 is 1.41 bits per heavy atom. The molecule has 0 spiro atoms. The lowest BCUT2D eigenvalue weighted by Crippen LogP contribution is -2.29. The first kappa shape index (κ1) is 11.0. The maximum absolute atomic E-state index is 11.1. The zero-order valence-corrected chi connectivity index (χ0v) is 8.54. The van der Waals surface area contributed by atoms with Gasteiger partial charge in [0.05, 0.1) is 0 Å². The highest BCUT2D eigenvalue weighted by Crippen LogP contribution is 2.35. The van der Waals surface area contributed by atoms with Crippen molar-refractivity contribution >= 4 is 5.91 Å². The molecule has 1 aromatic heterocycles. The van der Waals surface area contributed by atoms with Crippen LogP contribution in [0, 0.1) is 0 Å². The number of phenolic OH excluding ortho intramolecular Hbond substituents is 2. The predicted molar refractivity (Wildman–Crippen MR) is 56.9 cm³/mol. The molecule has 7 nitrogen and oxygen atoms in total. The third kappa shape index (κ3) is 1.91. The van der Waals surface area contributed by atoms with Crippen LogP contribution in [-0.2, 0) is 0 Å². The highest BCUT2D eigenvalue weighted by molar-refractivity contribution is 5.92. The molecule has 1 aromatic carbocycles. The minimum atomic E-state index is -0.636. The first-order chi connectivity index (χ1) is 8.13. The second kappa shape index (κ2) is 4.14. The maximum atomic E-state index is 11.1.